The first-order valence-electron chi connectivity index (χ1n) is 8.72. The van der Waals surface area contributed by atoms with Crippen molar-refractivity contribution in [1.82, 2.24) is 20.9 Å². The third-order valence-electron chi connectivity index (χ3n) is 4.88. The highest BCUT2D eigenvalue weighted by atomic mass is 35.5. The Balaban J connectivity index is 1.48. The molecular weight excluding hydrogens is 340 g/mol. The Kier molecular flexibility index (Phi) is 4.39. The first kappa shape index (κ1) is 16.4. The van der Waals surface area contributed by atoms with Gasteiger partial charge in [0.05, 0.1) is 16.7 Å². The highest BCUT2D eigenvalue weighted by Gasteiger charge is 2.32. The van der Waals surface area contributed by atoms with E-state index in [1.165, 1.54) is 0 Å². The molecule has 2 atom stereocenters. The summed E-state index contributed by atoms with van der Waals surface area (Å²) in [4.78, 5) is 28.2. The molecule has 25 heavy (non-hydrogen) atoms. The van der Waals surface area contributed by atoms with Crippen molar-refractivity contribution in [2.75, 3.05) is 6.54 Å². The summed E-state index contributed by atoms with van der Waals surface area (Å²) in [6, 6.07) is 6.76. The predicted octanol–water partition coefficient (Wildman–Crippen LogP) is 2.16. The van der Waals surface area contributed by atoms with Gasteiger partial charge in [0.2, 0.25) is 5.91 Å². The zero-order valence-electron chi connectivity index (χ0n) is 13.8. The van der Waals surface area contributed by atoms with E-state index in [-0.39, 0.29) is 18.0 Å². The molecule has 1 unspecified atom stereocenters. The number of carbonyl (C=O) groups is 2. The lowest BCUT2D eigenvalue weighted by Crippen LogP contribution is -2.59. The number of carbonyl (C=O) groups excluding carboxylic acids is 2. The molecule has 2 aromatic rings. The molecular formula is C18H21ClN4O2. The Morgan fingerprint density at radius 3 is 2.72 bits per heavy atom. The van der Waals surface area contributed by atoms with Crippen molar-refractivity contribution in [3.05, 3.63) is 35.0 Å². The summed E-state index contributed by atoms with van der Waals surface area (Å²) in [5.41, 5.74) is 1.15. The van der Waals surface area contributed by atoms with Crippen LogP contribution in [0.3, 0.4) is 0 Å². The number of para-hydroxylation sites is 1. The van der Waals surface area contributed by atoms with Crippen LogP contribution in [-0.2, 0) is 4.79 Å². The number of benzene rings is 1. The zero-order valence-corrected chi connectivity index (χ0v) is 14.5. The van der Waals surface area contributed by atoms with E-state index in [0.717, 1.165) is 36.7 Å². The third-order valence-corrected chi connectivity index (χ3v) is 5.19. The lowest BCUT2D eigenvalue weighted by molar-refractivity contribution is -0.124. The van der Waals surface area contributed by atoms with Crippen LogP contribution in [0, 0.1) is 5.92 Å². The molecule has 132 valence electrons. The maximum atomic E-state index is 12.6. The van der Waals surface area contributed by atoms with E-state index in [9.17, 15) is 9.59 Å². The molecule has 4 rings (SSSR count). The zero-order chi connectivity index (χ0) is 17.4. The number of fused-ring (bicyclic) bond motifs is 1. The lowest BCUT2D eigenvalue weighted by Gasteiger charge is -2.30. The van der Waals surface area contributed by atoms with Crippen LogP contribution in [-0.4, -0.2) is 35.6 Å². The molecule has 0 radical (unpaired) electrons. The van der Waals surface area contributed by atoms with E-state index >= 15 is 0 Å². The van der Waals surface area contributed by atoms with Gasteiger partial charge in [-0.2, -0.15) is 0 Å². The number of amides is 2. The first-order valence-corrected chi connectivity index (χ1v) is 9.10. The number of aromatic amines is 1. The minimum absolute atomic E-state index is 0.0259. The van der Waals surface area contributed by atoms with E-state index in [0.29, 0.717) is 23.1 Å². The minimum Gasteiger partial charge on any atom is -0.349 e. The maximum Gasteiger partial charge on any atom is 0.268 e. The van der Waals surface area contributed by atoms with Crippen molar-refractivity contribution in [2.24, 2.45) is 5.92 Å². The van der Waals surface area contributed by atoms with Gasteiger partial charge >= 0.3 is 0 Å². The van der Waals surface area contributed by atoms with Crippen LogP contribution in [0.4, 0.5) is 0 Å². The van der Waals surface area contributed by atoms with Gasteiger partial charge in [-0.3, -0.25) is 14.9 Å². The van der Waals surface area contributed by atoms with Crippen LogP contribution in [0.15, 0.2) is 24.3 Å². The fourth-order valence-electron chi connectivity index (χ4n) is 3.08. The van der Waals surface area contributed by atoms with Crippen LogP contribution in [0.25, 0.3) is 10.9 Å². The quantitative estimate of drug-likeness (QED) is 0.636. The standard InChI is InChI=1S/C18H21ClN4O2/c19-12-3-1-2-11-9-14(21-16(11)12)17(24)22-13(8-10-4-5-10)18(25)23-15-6-7-20-15/h1-3,9-10,13,15,20-21H,4-8H2,(H,22,24)(H,23,25)/t13-,15?/m0/s1. The molecule has 2 fully saturated rings. The molecule has 0 spiro atoms. The van der Waals surface area contributed by atoms with Crippen molar-refractivity contribution in [1.29, 1.82) is 0 Å². The molecule has 1 aromatic heterocycles. The molecule has 1 saturated heterocycles. The van der Waals surface area contributed by atoms with Crippen molar-refractivity contribution in [3.8, 4) is 0 Å². The highest BCUT2D eigenvalue weighted by molar-refractivity contribution is 6.35. The SMILES string of the molecule is O=C(N[C@@H](CC1CC1)C(=O)NC1CCN1)c1cc2cccc(Cl)c2[nH]1. The Labute approximate surface area is 150 Å². The molecule has 0 bridgehead atoms. The smallest absolute Gasteiger partial charge is 0.268 e. The Morgan fingerprint density at radius 2 is 2.08 bits per heavy atom. The largest absolute Gasteiger partial charge is 0.349 e. The average Bonchev–Trinajstić information content (AvgIpc) is 3.25. The second-order valence-corrected chi connectivity index (χ2v) is 7.30. The van der Waals surface area contributed by atoms with E-state index < -0.39 is 6.04 Å². The van der Waals surface area contributed by atoms with Crippen molar-refractivity contribution in [3.63, 3.8) is 0 Å². The molecule has 2 heterocycles. The summed E-state index contributed by atoms with van der Waals surface area (Å²) in [5, 5.41) is 10.4. The van der Waals surface area contributed by atoms with Crippen LogP contribution in [0.2, 0.25) is 5.02 Å². The van der Waals surface area contributed by atoms with E-state index in [1.807, 2.05) is 12.1 Å². The molecule has 2 aliphatic rings. The summed E-state index contributed by atoms with van der Waals surface area (Å²) >= 11 is 6.15. The average molecular weight is 361 g/mol. The first-order chi connectivity index (χ1) is 12.1. The fraction of sp³-hybridized carbons (Fsp3) is 0.444. The molecule has 4 N–H and O–H groups in total. The highest BCUT2D eigenvalue weighted by Crippen LogP contribution is 2.33. The summed E-state index contributed by atoms with van der Waals surface area (Å²) in [7, 11) is 0. The van der Waals surface area contributed by atoms with Crippen molar-refractivity contribution in [2.45, 2.75) is 37.9 Å². The third kappa shape index (κ3) is 3.65. The number of H-pyrrole nitrogens is 1. The van der Waals surface area contributed by atoms with Gasteiger partial charge in [-0.25, -0.2) is 0 Å². The molecule has 2 amide bonds. The molecule has 7 heteroatoms. The number of rotatable bonds is 6. The molecule has 1 aliphatic heterocycles. The van der Waals surface area contributed by atoms with E-state index in [1.54, 1.807) is 12.1 Å². The summed E-state index contributed by atoms with van der Waals surface area (Å²) < 4.78 is 0. The van der Waals surface area contributed by atoms with Gasteiger partial charge in [0.1, 0.15) is 11.7 Å². The van der Waals surface area contributed by atoms with Gasteiger partial charge in [-0.05, 0) is 30.9 Å². The van der Waals surface area contributed by atoms with Crippen LogP contribution < -0.4 is 16.0 Å². The molecule has 1 aliphatic carbocycles. The van der Waals surface area contributed by atoms with Crippen LogP contribution in [0.1, 0.15) is 36.2 Å². The van der Waals surface area contributed by atoms with Gasteiger partial charge in [0.25, 0.3) is 5.91 Å². The molecule has 6 nitrogen and oxygen atoms in total. The fourth-order valence-corrected chi connectivity index (χ4v) is 3.31. The van der Waals surface area contributed by atoms with E-state index in [2.05, 4.69) is 20.9 Å². The second kappa shape index (κ2) is 6.69. The summed E-state index contributed by atoms with van der Waals surface area (Å²) in [5.74, 6) is 0.129. The van der Waals surface area contributed by atoms with Crippen molar-refractivity contribution < 1.29 is 9.59 Å². The maximum absolute atomic E-state index is 12.6. The molecule has 1 saturated carbocycles. The number of hydrogen-bond donors (Lipinski definition) is 4. The topological polar surface area (TPSA) is 86.0 Å². The van der Waals surface area contributed by atoms with Gasteiger partial charge in [-0.15, -0.1) is 0 Å². The number of hydrogen-bond acceptors (Lipinski definition) is 3. The minimum atomic E-state index is -0.510. The second-order valence-electron chi connectivity index (χ2n) is 6.90. The summed E-state index contributed by atoms with van der Waals surface area (Å²) in [6.07, 6.45) is 3.90. The number of halogens is 1. The lowest BCUT2D eigenvalue weighted by atomic mass is 10.1. The normalized spacial score (nSPS) is 20.8. The van der Waals surface area contributed by atoms with Crippen LogP contribution in [0.5, 0.6) is 0 Å². The van der Waals surface area contributed by atoms with Gasteiger partial charge in [0, 0.05) is 11.9 Å². The number of nitrogens with one attached hydrogen (secondary N) is 4. The monoisotopic (exact) mass is 360 g/mol. The van der Waals surface area contributed by atoms with E-state index in [4.69, 9.17) is 11.6 Å². The molecule has 1 aromatic carbocycles. The number of aromatic nitrogens is 1. The van der Waals surface area contributed by atoms with Crippen molar-refractivity contribution >= 4 is 34.3 Å². The van der Waals surface area contributed by atoms with Gasteiger partial charge in [-0.1, -0.05) is 36.6 Å². The predicted molar refractivity (Wildman–Crippen MR) is 96.5 cm³/mol. The Hall–Kier alpha value is -2.05. The Bertz CT molecular complexity index is 811. The van der Waals surface area contributed by atoms with Gasteiger partial charge < -0.3 is 15.6 Å². The summed E-state index contributed by atoms with van der Waals surface area (Å²) in [6.45, 7) is 0.917. The van der Waals surface area contributed by atoms with Crippen LogP contribution >= 0.6 is 11.6 Å². The Morgan fingerprint density at radius 1 is 1.28 bits per heavy atom. The van der Waals surface area contributed by atoms with Gasteiger partial charge in [0.15, 0.2) is 0 Å².